The summed E-state index contributed by atoms with van der Waals surface area (Å²) in [5.41, 5.74) is 1.07. The Balaban J connectivity index is 2.39. The van der Waals surface area contributed by atoms with Crippen LogP contribution in [0.5, 0.6) is 0 Å². The zero-order chi connectivity index (χ0) is 9.68. The van der Waals surface area contributed by atoms with Crippen molar-refractivity contribution in [2.45, 2.75) is 26.7 Å². The summed E-state index contributed by atoms with van der Waals surface area (Å²) in [4.78, 5) is 15.1. The van der Waals surface area contributed by atoms with Crippen molar-refractivity contribution in [3.63, 3.8) is 0 Å². The van der Waals surface area contributed by atoms with Gasteiger partial charge in [0.05, 0.1) is 0 Å². The molecule has 0 aliphatic carbocycles. The van der Waals surface area contributed by atoms with Crippen LogP contribution in [0.3, 0.4) is 0 Å². The first kappa shape index (κ1) is 9.90. The molecule has 1 atom stereocenters. The van der Waals surface area contributed by atoms with Gasteiger partial charge in [-0.3, -0.25) is 9.78 Å². The molecule has 0 amide bonds. The van der Waals surface area contributed by atoms with Crippen LogP contribution in [0.4, 0.5) is 0 Å². The fraction of sp³-hybridized carbons (Fsp3) is 0.455. The standard InChI is InChI=1S/C11H15NO/c1-9(10(2)13)6-7-11-5-3-4-8-12-11/h3-5,8-9H,6-7H2,1-2H3/t9-/m0/s1. The molecule has 1 aromatic heterocycles. The minimum atomic E-state index is 0.155. The topological polar surface area (TPSA) is 30.0 Å². The molecule has 0 aliphatic rings. The summed E-state index contributed by atoms with van der Waals surface area (Å²) in [5.74, 6) is 0.415. The van der Waals surface area contributed by atoms with Gasteiger partial charge in [-0.25, -0.2) is 0 Å². The van der Waals surface area contributed by atoms with Crippen LogP contribution in [0, 0.1) is 5.92 Å². The molecule has 13 heavy (non-hydrogen) atoms. The van der Waals surface area contributed by atoms with E-state index in [4.69, 9.17) is 0 Å². The molecular formula is C11H15NO. The predicted octanol–water partition coefficient (Wildman–Crippen LogP) is 2.24. The van der Waals surface area contributed by atoms with Gasteiger partial charge in [-0.05, 0) is 31.9 Å². The van der Waals surface area contributed by atoms with Gasteiger partial charge >= 0.3 is 0 Å². The highest BCUT2D eigenvalue weighted by Gasteiger charge is 2.07. The summed E-state index contributed by atoms with van der Waals surface area (Å²) < 4.78 is 0. The van der Waals surface area contributed by atoms with Crippen LogP contribution in [0.2, 0.25) is 0 Å². The maximum atomic E-state index is 10.9. The second kappa shape index (κ2) is 4.75. The molecule has 1 rings (SSSR count). The van der Waals surface area contributed by atoms with E-state index in [1.807, 2.05) is 25.1 Å². The van der Waals surface area contributed by atoms with Gasteiger partial charge in [0.1, 0.15) is 5.78 Å². The third kappa shape index (κ3) is 3.36. The second-order valence-electron chi connectivity index (χ2n) is 3.37. The van der Waals surface area contributed by atoms with E-state index in [1.165, 1.54) is 0 Å². The normalized spacial score (nSPS) is 12.5. The van der Waals surface area contributed by atoms with Crippen molar-refractivity contribution in [3.8, 4) is 0 Å². The number of aryl methyl sites for hydroxylation is 1. The third-order valence-corrected chi connectivity index (χ3v) is 2.25. The molecule has 2 heteroatoms. The molecular weight excluding hydrogens is 162 g/mol. The summed E-state index contributed by atoms with van der Waals surface area (Å²) in [6.07, 6.45) is 3.57. The van der Waals surface area contributed by atoms with E-state index < -0.39 is 0 Å². The van der Waals surface area contributed by atoms with Crippen molar-refractivity contribution in [3.05, 3.63) is 30.1 Å². The Morgan fingerprint density at radius 2 is 2.31 bits per heavy atom. The molecule has 0 unspecified atom stereocenters. The number of carbonyl (C=O) groups excluding carboxylic acids is 1. The average Bonchev–Trinajstić information content (AvgIpc) is 2.15. The van der Waals surface area contributed by atoms with Crippen LogP contribution in [-0.2, 0) is 11.2 Å². The number of hydrogen-bond donors (Lipinski definition) is 0. The lowest BCUT2D eigenvalue weighted by molar-refractivity contribution is -0.120. The molecule has 0 N–H and O–H groups in total. The lowest BCUT2D eigenvalue weighted by atomic mass is 10.0. The summed E-state index contributed by atoms with van der Waals surface area (Å²) in [7, 11) is 0. The lowest BCUT2D eigenvalue weighted by Crippen LogP contribution is -2.07. The van der Waals surface area contributed by atoms with E-state index in [9.17, 15) is 4.79 Å². The number of rotatable bonds is 4. The van der Waals surface area contributed by atoms with Crippen molar-refractivity contribution in [2.75, 3.05) is 0 Å². The van der Waals surface area contributed by atoms with Crippen LogP contribution in [-0.4, -0.2) is 10.8 Å². The van der Waals surface area contributed by atoms with E-state index in [-0.39, 0.29) is 11.7 Å². The van der Waals surface area contributed by atoms with Gasteiger partial charge in [0.2, 0.25) is 0 Å². The first-order chi connectivity index (χ1) is 6.20. The molecule has 2 nitrogen and oxygen atoms in total. The summed E-state index contributed by atoms with van der Waals surface area (Å²) in [6.45, 7) is 3.61. The van der Waals surface area contributed by atoms with Crippen molar-refractivity contribution < 1.29 is 4.79 Å². The van der Waals surface area contributed by atoms with Gasteiger partial charge < -0.3 is 0 Å². The number of carbonyl (C=O) groups is 1. The molecule has 1 heterocycles. The summed E-state index contributed by atoms with van der Waals surface area (Å²) in [6, 6.07) is 5.87. The number of aromatic nitrogens is 1. The van der Waals surface area contributed by atoms with Crippen molar-refractivity contribution in [1.29, 1.82) is 0 Å². The largest absolute Gasteiger partial charge is 0.300 e. The molecule has 0 saturated carbocycles. The Bertz CT molecular complexity index is 269. The van der Waals surface area contributed by atoms with Gasteiger partial charge in [0, 0.05) is 17.8 Å². The maximum absolute atomic E-state index is 10.9. The van der Waals surface area contributed by atoms with E-state index >= 15 is 0 Å². The number of pyridine rings is 1. The van der Waals surface area contributed by atoms with Crippen molar-refractivity contribution in [1.82, 2.24) is 4.98 Å². The van der Waals surface area contributed by atoms with Crippen LogP contribution in [0.1, 0.15) is 26.0 Å². The van der Waals surface area contributed by atoms with Crippen LogP contribution >= 0.6 is 0 Å². The smallest absolute Gasteiger partial charge is 0.132 e. The Hall–Kier alpha value is -1.18. The minimum absolute atomic E-state index is 0.155. The van der Waals surface area contributed by atoms with Gasteiger partial charge in [0.15, 0.2) is 0 Å². The molecule has 0 aromatic carbocycles. The molecule has 0 bridgehead atoms. The van der Waals surface area contributed by atoms with Gasteiger partial charge in [-0.1, -0.05) is 13.0 Å². The summed E-state index contributed by atoms with van der Waals surface area (Å²) >= 11 is 0. The minimum Gasteiger partial charge on any atom is -0.300 e. The summed E-state index contributed by atoms with van der Waals surface area (Å²) in [5, 5.41) is 0. The third-order valence-electron chi connectivity index (χ3n) is 2.25. The SMILES string of the molecule is CC(=O)[C@@H](C)CCc1ccccn1. The monoisotopic (exact) mass is 177 g/mol. The van der Waals surface area contributed by atoms with Gasteiger partial charge in [-0.15, -0.1) is 0 Å². The van der Waals surface area contributed by atoms with E-state index in [1.54, 1.807) is 13.1 Å². The molecule has 70 valence electrons. The van der Waals surface area contributed by atoms with E-state index in [2.05, 4.69) is 4.98 Å². The van der Waals surface area contributed by atoms with Crippen LogP contribution in [0.15, 0.2) is 24.4 Å². The molecule has 0 saturated heterocycles. The number of nitrogens with zero attached hydrogens (tertiary/aromatic N) is 1. The lowest BCUT2D eigenvalue weighted by Gasteiger charge is -2.05. The highest BCUT2D eigenvalue weighted by atomic mass is 16.1. The fourth-order valence-electron chi connectivity index (χ4n) is 1.11. The Kier molecular flexibility index (Phi) is 3.62. The Morgan fingerprint density at radius 3 is 2.85 bits per heavy atom. The Morgan fingerprint density at radius 1 is 1.54 bits per heavy atom. The van der Waals surface area contributed by atoms with E-state index in [0.717, 1.165) is 18.5 Å². The van der Waals surface area contributed by atoms with Gasteiger partial charge in [-0.2, -0.15) is 0 Å². The number of Topliss-reactive ketones (excluding diaryl/α,β-unsaturated/α-hetero) is 1. The number of ketones is 1. The second-order valence-corrected chi connectivity index (χ2v) is 3.37. The highest BCUT2D eigenvalue weighted by Crippen LogP contribution is 2.07. The molecule has 0 aliphatic heterocycles. The zero-order valence-electron chi connectivity index (χ0n) is 8.16. The van der Waals surface area contributed by atoms with Crippen molar-refractivity contribution >= 4 is 5.78 Å². The zero-order valence-corrected chi connectivity index (χ0v) is 8.16. The van der Waals surface area contributed by atoms with Crippen molar-refractivity contribution in [2.24, 2.45) is 5.92 Å². The predicted molar refractivity (Wildman–Crippen MR) is 52.4 cm³/mol. The van der Waals surface area contributed by atoms with E-state index in [0.29, 0.717) is 0 Å². The highest BCUT2D eigenvalue weighted by molar-refractivity contribution is 5.77. The quantitative estimate of drug-likeness (QED) is 0.706. The van der Waals surface area contributed by atoms with Crippen LogP contribution < -0.4 is 0 Å². The first-order valence-corrected chi connectivity index (χ1v) is 4.60. The first-order valence-electron chi connectivity index (χ1n) is 4.60. The molecule has 0 fully saturated rings. The Labute approximate surface area is 79.0 Å². The maximum Gasteiger partial charge on any atom is 0.132 e. The molecule has 0 spiro atoms. The fourth-order valence-corrected chi connectivity index (χ4v) is 1.11. The van der Waals surface area contributed by atoms with Gasteiger partial charge in [0.25, 0.3) is 0 Å². The average molecular weight is 177 g/mol. The molecule has 0 radical (unpaired) electrons. The molecule has 1 aromatic rings. The number of hydrogen-bond acceptors (Lipinski definition) is 2. The van der Waals surface area contributed by atoms with Crippen LogP contribution in [0.25, 0.3) is 0 Å².